The number of amides is 5. The van der Waals surface area contributed by atoms with E-state index in [1.54, 1.807) is 65.0 Å². The van der Waals surface area contributed by atoms with E-state index >= 15 is 0 Å². The molecule has 0 heterocycles. The van der Waals surface area contributed by atoms with E-state index in [0.29, 0.717) is 6.42 Å². The van der Waals surface area contributed by atoms with Gasteiger partial charge in [-0.3, -0.25) is 28.8 Å². The number of hydrogen-bond acceptors (Lipinski definition) is 8. The number of rotatable bonds is 21. The summed E-state index contributed by atoms with van der Waals surface area (Å²) >= 11 is 0. The molecular weight excluding hydrogens is 634 g/mol. The highest BCUT2D eigenvalue weighted by molar-refractivity contribution is 5.92. The van der Waals surface area contributed by atoms with E-state index < -0.39 is 84.9 Å². The fraction of sp³-hybridized carbons (Fsp3) is 0.657. The lowest BCUT2D eigenvalue weighted by molar-refractivity contribution is -0.140. The van der Waals surface area contributed by atoms with Crippen molar-refractivity contribution in [3.05, 3.63) is 35.9 Å². The number of aliphatic carboxylic acids is 1. The molecule has 5 amide bonds. The van der Waals surface area contributed by atoms with Gasteiger partial charge in [0.25, 0.3) is 0 Å². The number of aliphatic hydroxyl groups is 2. The zero-order valence-corrected chi connectivity index (χ0v) is 30.0. The lowest BCUT2D eigenvalue weighted by atomic mass is 9.95. The first-order chi connectivity index (χ1) is 22.9. The molecule has 0 spiro atoms. The molecule has 7 atom stereocenters. The van der Waals surface area contributed by atoms with Gasteiger partial charge in [-0.05, 0) is 43.1 Å². The van der Waals surface area contributed by atoms with E-state index in [-0.39, 0.29) is 36.5 Å². The number of carbonyl (C=O) groups excluding carboxylic acids is 5. The summed E-state index contributed by atoms with van der Waals surface area (Å²) in [5.41, 5.74) is 0.762. The first-order valence-corrected chi connectivity index (χ1v) is 17.0. The molecule has 0 saturated carbocycles. The molecule has 0 aliphatic carbocycles. The third-order valence-electron chi connectivity index (χ3n) is 7.99. The molecule has 1 aromatic rings. The largest absolute Gasteiger partial charge is 0.481 e. The second-order valence-electron chi connectivity index (χ2n) is 13.6. The highest BCUT2D eigenvalue weighted by Crippen LogP contribution is 2.14. The van der Waals surface area contributed by atoms with Gasteiger partial charge in [-0.25, -0.2) is 0 Å². The minimum atomic E-state index is -1.39. The summed E-state index contributed by atoms with van der Waals surface area (Å²) in [6, 6.07) is 4.13. The molecule has 14 nitrogen and oxygen atoms in total. The van der Waals surface area contributed by atoms with E-state index in [1.807, 2.05) is 13.8 Å². The molecule has 0 radical (unpaired) electrons. The van der Waals surface area contributed by atoms with Crippen LogP contribution in [0.2, 0.25) is 0 Å². The SMILES string of the molecule is CCC(=O)N[C@@H](C(=O)N[C@@H](C(=O)N[C@H](CC(C)C)[C@H](O)CC(=O)N[C@H](C)C(=O)N[C@H](Cc1ccccc1)[C@H](O)CC(=O)O)C(C)C)C(C)C. The Bertz CT molecular complexity index is 1240. The maximum Gasteiger partial charge on any atom is 0.306 e. The fourth-order valence-electron chi connectivity index (χ4n) is 5.16. The third kappa shape index (κ3) is 15.8. The van der Waals surface area contributed by atoms with Crippen LogP contribution in [-0.2, 0) is 35.2 Å². The van der Waals surface area contributed by atoms with Crippen molar-refractivity contribution in [2.45, 2.75) is 130 Å². The molecule has 0 aliphatic heterocycles. The van der Waals surface area contributed by atoms with Crippen molar-refractivity contribution in [3.63, 3.8) is 0 Å². The van der Waals surface area contributed by atoms with Gasteiger partial charge in [0, 0.05) is 6.42 Å². The number of carboxylic acids is 1. The predicted octanol–water partition coefficient (Wildman–Crippen LogP) is 1.03. The van der Waals surface area contributed by atoms with Crippen molar-refractivity contribution in [1.82, 2.24) is 26.6 Å². The van der Waals surface area contributed by atoms with Gasteiger partial charge in [0.15, 0.2) is 0 Å². The quantitative estimate of drug-likeness (QED) is 0.0921. The fourth-order valence-corrected chi connectivity index (χ4v) is 5.16. The molecule has 0 bridgehead atoms. The molecule has 8 N–H and O–H groups in total. The average Bonchev–Trinajstić information content (AvgIpc) is 3.00. The molecule has 0 saturated heterocycles. The van der Waals surface area contributed by atoms with E-state index in [2.05, 4.69) is 26.6 Å². The molecule has 49 heavy (non-hydrogen) atoms. The van der Waals surface area contributed by atoms with Crippen molar-refractivity contribution in [2.75, 3.05) is 0 Å². The first kappa shape index (κ1) is 43.0. The van der Waals surface area contributed by atoms with Crippen LogP contribution in [0, 0.1) is 17.8 Å². The van der Waals surface area contributed by atoms with Crippen LogP contribution in [0.4, 0.5) is 0 Å². The molecule has 0 unspecified atom stereocenters. The molecule has 0 aliphatic rings. The van der Waals surface area contributed by atoms with Crippen LogP contribution < -0.4 is 26.6 Å². The maximum atomic E-state index is 13.5. The molecule has 1 aromatic carbocycles. The Hall–Kier alpha value is -4.04. The van der Waals surface area contributed by atoms with Crippen LogP contribution in [0.5, 0.6) is 0 Å². The van der Waals surface area contributed by atoms with Crippen molar-refractivity contribution in [1.29, 1.82) is 0 Å². The Kier molecular flexibility index (Phi) is 18.5. The summed E-state index contributed by atoms with van der Waals surface area (Å²) in [5, 5.41) is 44.1. The number of aliphatic hydroxyl groups excluding tert-OH is 2. The zero-order chi connectivity index (χ0) is 37.4. The lowest BCUT2D eigenvalue weighted by Gasteiger charge is -2.31. The molecule has 276 valence electrons. The van der Waals surface area contributed by atoms with Gasteiger partial charge in [0.1, 0.15) is 18.1 Å². The summed E-state index contributed by atoms with van der Waals surface area (Å²) < 4.78 is 0. The van der Waals surface area contributed by atoms with E-state index in [0.717, 1.165) is 5.56 Å². The molecule has 0 aromatic heterocycles. The Morgan fingerprint density at radius 3 is 1.65 bits per heavy atom. The second-order valence-corrected chi connectivity index (χ2v) is 13.6. The second kappa shape index (κ2) is 21.1. The van der Waals surface area contributed by atoms with Crippen LogP contribution in [-0.4, -0.2) is 93.2 Å². The number of nitrogens with one attached hydrogen (secondary N) is 5. The number of hydrogen-bond donors (Lipinski definition) is 8. The Morgan fingerprint density at radius 2 is 1.14 bits per heavy atom. The maximum absolute atomic E-state index is 13.5. The lowest BCUT2D eigenvalue weighted by Crippen LogP contribution is -2.59. The normalized spacial score (nSPS) is 15.7. The van der Waals surface area contributed by atoms with Gasteiger partial charge in [-0.15, -0.1) is 0 Å². The van der Waals surface area contributed by atoms with E-state index in [4.69, 9.17) is 5.11 Å². The van der Waals surface area contributed by atoms with Gasteiger partial charge < -0.3 is 41.9 Å². The predicted molar refractivity (Wildman–Crippen MR) is 184 cm³/mol. The van der Waals surface area contributed by atoms with E-state index in [9.17, 15) is 39.0 Å². The van der Waals surface area contributed by atoms with Crippen molar-refractivity contribution in [2.24, 2.45) is 17.8 Å². The monoisotopic (exact) mass is 691 g/mol. The van der Waals surface area contributed by atoms with Crippen LogP contribution in [0.3, 0.4) is 0 Å². The van der Waals surface area contributed by atoms with Gasteiger partial charge in [0.05, 0.1) is 37.1 Å². The van der Waals surface area contributed by atoms with Gasteiger partial charge in [0.2, 0.25) is 29.5 Å². The minimum Gasteiger partial charge on any atom is -0.481 e. The average molecular weight is 692 g/mol. The van der Waals surface area contributed by atoms with Gasteiger partial charge in [-0.2, -0.15) is 0 Å². The number of benzene rings is 1. The third-order valence-corrected chi connectivity index (χ3v) is 7.99. The van der Waals surface area contributed by atoms with Crippen molar-refractivity contribution >= 4 is 35.5 Å². The smallest absolute Gasteiger partial charge is 0.306 e. The van der Waals surface area contributed by atoms with Gasteiger partial charge >= 0.3 is 5.97 Å². The molecular formula is C35H57N5O9. The Morgan fingerprint density at radius 1 is 0.633 bits per heavy atom. The number of carboxylic acid groups (broad SMARTS) is 1. The first-order valence-electron chi connectivity index (χ1n) is 17.0. The zero-order valence-electron chi connectivity index (χ0n) is 30.0. The molecule has 1 rings (SSSR count). The summed E-state index contributed by atoms with van der Waals surface area (Å²) in [6.45, 7) is 13.9. The summed E-state index contributed by atoms with van der Waals surface area (Å²) in [4.78, 5) is 75.8. The van der Waals surface area contributed by atoms with Crippen LogP contribution >= 0.6 is 0 Å². The highest BCUT2D eigenvalue weighted by atomic mass is 16.4. The Balaban J connectivity index is 2.96. The van der Waals surface area contributed by atoms with Crippen LogP contribution in [0.1, 0.15) is 86.6 Å². The van der Waals surface area contributed by atoms with Crippen LogP contribution in [0.25, 0.3) is 0 Å². The molecule has 14 heteroatoms. The topological polar surface area (TPSA) is 223 Å². The molecule has 0 fully saturated rings. The van der Waals surface area contributed by atoms with Crippen molar-refractivity contribution in [3.8, 4) is 0 Å². The summed E-state index contributed by atoms with van der Waals surface area (Å²) in [7, 11) is 0. The summed E-state index contributed by atoms with van der Waals surface area (Å²) in [5.74, 6) is -4.53. The standard InChI is InChI=1S/C35H57N5O9/c1-9-28(43)39-31(20(4)5)35(49)40-32(21(6)7)34(48)38-24(15-19(2)3)26(41)17-29(44)36-22(8)33(47)37-25(27(42)18-30(45)46)16-23-13-11-10-12-14-23/h10-14,19-22,24-27,31-32,41-42H,9,15-18H2,1-8H3,(H,36,44)(H,37,47)(H,38,48)(H,39,43)(H,40,49)(H,45,46)/t22-,24-,25-,26-,27-,31-,32-/m1/s1. The van der Waals surface area contributed by atoms with Crippen LogP contribution in [0.15, 0.2) is 30.3 Å². The van der Waals surface area contributed by atoms with Gasteiger partial charge in [-0.1, -0.05) is 78.8 Å². The highest BCUT2D eigenvalue weighted by Gasteiger charge is 2.33. The number of carbonyl (C=O) groups is 6. The summed E-state index contributed by atoms with van der Waals surface area (Å²) in [6.07, 6.45) is -3.14. The van der Waals surface area contributed by atoms with E-state index in [1.165, 1.54) is 6.92 Å². The van der Waals surface area contributed by atoms with Crippen molar-refractivity contribution < 1.29 is 44.1 Å². The Labute approximate surface area is 289 Å². The minimum absolute atomic E-state index is 0.00755.